The maximum Gasteiger partial charge on any atom is 0.335 e. The van der Waals surface area contributed by atoms with Crippen molar-refractivity contribution in [1.29, 1.82) is 0 Å². The number of imide groups is 2. The lowest BCUT2D eigenvalue weighted by atomic mass is 10.1. The summed E-state index contributed by atoms with van der Waals surface area (Å²) in [4.78, 5) is 39.4. The Morgan fingerprint density at radius 2 is 1.88 bits per heavy atom. The van der Waals surface area contributed by atoms with Crippen LogP contribution in [0.25, 0.3) is 17.0 Å². The van der Waals surface area contributed by atoms with Crippen LogP contribution in [0.2, 0.25) is 0 Å². The highest BCUT2D eigenvalue weighted by atomic mass is 16.7. The smallest absolute Gasteiger partial charge is 0.335 e. The second kappa shape index (κ2) is 7.56. The molecule has 1 N–H and O–H groups in total. The average Bonchev–Trinajstić information content (AvgIpc) is 3.40. The van der Waals surface area contributed by atoms with Crippen LogP contribution in [0.5, 0.6) is 11.5 Å². The maximum atomic E-state index is 13.3. The highest BCUT2D eigenvalue weighted by molar-refractivity contribution is 6.39. The van der Waals surface area contributed by atoms with Crippen molar-refractivity contribution >= 4 is 40.5 Å². The number of barbiturate groups is 1. The quantitative estimate of drug-likeness (QED) is 0.498. The summed E-state index contributed by atoms with van der Waals surface area (Å²) in [5.74, 6) is -0.458. The minimum Gasteiger partial charge on any atom is -0.454 e. The molecule has 2 aliphatic rings. The Labute approximate surface area is 184 Å². The number of carbonyl (C=O) groups excluding carboxylic acids is 3. The number of hydrogen-bond acceptors (Lipinski definition) is 5. The van der Waals surface area contributed by atoms with Gasteiger partial charge in [0.2, 0.25) is 6.79 Å². The largest absolute Gasteiger partial charge is 0.454 e. The van der Waals surface area contributed by atoms with Crippen molar-refractivity contribution in [2.75, 3.05) is 11.7 Å². The third kappa shape index (κ3) is 3.11. The topological polar surface area (TPSA) is 89.9 Å². The van der Waals surface area contributed by atoms with Gasteiger partial charge in [-0.3, -0.25) is 14.9 Å². The molecule has 1 aromatic heterocycles. The molecule has 162 valence electrons. The number of benzene rings is 2. The zero-order valence-electron chi connectivity index (χ0n) is 17.6. The molecule has 0 radical (unpaired) electrons. The van der Waals surface area contributed by atoms with E-state index in [9.17, 15) is 14.4 Å². The van der Waals surface area contributed by atoms with Gasteiger partial charge in [-0.25, -0.2) is 9.69 Å². The number of carbonyl (C=O) groups is 3. The molecule has 0 saturated carbocycles. The van der Waals surface area contributed by atoms with Crippen molar-refractivity contribution in [2.24, 2.45) is 0 Å². The molecule has 0 spiro atoms. The molecule has 3 heterocycles. The number of rotatable bonds is 4. The number of hydrogen-bond donors (Lipinski definition) is 1. The summed E-state index contributed by atoms with van der Waals surface area (Å²) in [5, 5.41) is 3.19. The number of ether oxygens (including phenoxy) is 2. The summed E-state index contributed by atoms with van der Waals surface area (Å²) in [7, 11) is 0. The molecule has 8 nitrogen and oxygen atoms in total. The van der Waals surface area contributed by atoms with Crippen LogP contribution in [-0.4, -0.2) is 29.2 Å². The first-order chi connectivity index (χ1) is 15.5. The molecule has 5 rings (SSSR count). The van der Waals surface area contributed by atoms with E-state index >= 15 is 0 Å². The van der Waals surface area contributed by atoms with Crippen molar-refractivity contribution in [3.05, 3.63) is 59.8 Å². The van der Waals surface area contributed by atoms with Crippen LogP contribution in [-0.2, 0) is 9.59 Å². The Kier molecular flexibility index (Phi) is 4.70. The number of fused-ring (bicyclic) bond motifs is 2. The summed E-state index contributed by atoms with van der Waals surface area (Å²) < 4.78 is 12.8. The number of aromatic nitrogens is 1. The second-order valence-electron chi connectivity index (χ2n) is 7.76. The first-order valence-corrected chi connectivity index (χ1v) is 10.4. The lowest BCUT2D eigenvalue weighted by Gasteiger charge is -2.26. The standard InChI is InChI=1S/C24H21N3O5/c1-3-14(2)26-12-15(17-6-4-5-7-19(17)26)10-18-22(28)25-24(30)27(23(18)29)16-8-9-20-21(11-16)32-13-31-20/h4-12,14H,3,13H2,1-2H3,(H,25,28,30)/b18-10-. The molecular weight excluding hydrogens is 410 g/mol. The highest BCUT2D eigenvalue weighted by Gasteiger charge is 2.37. The Bertz CT molecular complexity index is 1310. The van der Waals surface area contributed by atoms with E-state index in [-0.39, 0.29) is 24.1 Å². The van der Waals surface area contributed by atoms with Gasteiger partial charge in [0.1, 0.15) is 5.57 Å². The number of nitrogens with zero attached hydrogens (tertiary/aromatic N) is 2. The van der Waals surface area contributed by atoms with E-state index in [0.29, 0.717) is 11.5 Å². The van der Waals surface area contributed by atoms with E-state index in [4.69, 9.17) is 9.47 Å². The van der Waals surface area contributed by atoms with Crippen LogP contribution in [0, 0.1) is 0 Å². The molecule has 1 fully saturated rings. The first-order valence-electron chi connectivity index (χ1n) is 10.4. The first kappa shape index (κ1) is 19.9. The van der Waals surface area contributed by atoms with Gasteiger partial charge in [0.15, 0.2) is 11.5 Å². The van der Waals surface area contributed by atoms with Gasteiger partial charge in [-0.15, -0.1) is 0 Å². The Morgan fingerprint density at radius 3 is 2.69 bits per heavy atom. The molecule has 2 aromatic carbocycles. The molecule has 8 heteroatoms. The fraction of sp³-hybridized carbons (Fsp3) is 0.208. The summed E-state index contributed by atoms with van der Waals surface area (Å²) in [6, 6.07) is 12.0. The monoisotopic (exact) mass is 431 g/mol. The molecule has 1 saturated heterocycles. The van der Waals surface area contributed by atoms with Gasteiger partial charge in [0, 0.05) is 34.8 Å². The normalized spacial score (nSPS) is 17.9. The molecular formula is C24H21N3O5. The molecule has 1 atom stereocenters. The van der Waals surface area contributed by atoms with Crippen LogP contribution in [0.3, 0.4) is 0 Å². The Hall–Kier alpha value is -4.07. The van der Waals surface area contributed by atoms with E-state index in [2.05, 4.69) is 23.7 Å². The van der Waals surface area contributed by atoms with Gasteiger partial charge in [-0.05, 0) is 37.6 Å². The Morgan fingerprint density at radius 1 is 1.09 bits per heavy atom. The van der Waals surface area contributed by atoms with Crippen molar-refractivity contribution in [3.8, 4) is 11.5 Å². The number of urea groups is 1. The third-order valence-electron chi connectivity index (χ3n) is 5.85. The lowest BCUT2D eigenvalue weighted by molar-refractivity contribution is -0.122. The fourth-order valence-electron chi connectivity index (χ4n) is 3.98. The number of amides is 4. The Balaban J connectivity index is 1.58. The van der Waals surface area contributed by atoms with Crippen LogP contribution in [0.4, 0.5) is 10.5 Å². The van der Waals surface area contributed by atoms with Crippen LogP contribution in [0.15, 0.2) is 54.2 Å². The van der Waals surface area contributed by atoms with E-state index in [1.165, 1.54) is 0 Å². The van der Waals surface area contributed by atoms with Crippen molar-refractivity contribution in [1.82, 2.24) is 9.88 Å². The van der Waals surface area contributed by atoms with Gasteiger partial charge in [-0.2, -0.15) is 0 Å². The van der Waals surface area contributed by atoms with Crippen LogP contribution < -0.4 is 19.7 Å². The van der Waals surface area contributed by atoms with E-state index < -0.39 is 17.8 Å². The SMILES string of the molecule is CCC(C)n1cc(/C=C2/C(=O)NC(=O)N(c3ccc4c(c3)OCO4)C2=O)c2ccccc21. The van der Waals surface area contributed by atoms with E-state index in [0.717, 1.165) is 27.8 Å². The maximum absolute atomic E-state index is 13.3. The minimum absolute atomic E-state index is 0.0722. The zero-order valence-corrected chi connectivity index (χ0v) is 17.6. The molecule has 1 unspecified atom stereocenters. The second-order valence-corrected chi connectivity index (χ2v) is 7.76. The van der Waals surface area contributed by atoms with Gasteiger partial charge in [0.25, 0.3) is 11.8 Å². The molecule has 0 bridgehead atoms. The fourth-order valence-corrected chi connectivity index (χ4v) is 3.98. The van der Waals surface area contributed by atoms with E-state index in [1.807, 2.05) is 30.5 Å². The lowest BCUT2D eigenvalue weighted by Crippen LogP contribution is -2.54. The zero-order chi connectivity index (χ0) is 22.4. The number of anilines is 1. The molecule has 2 aliphatic heterocycles. The molecule has 32 heavy (non-hydrogen) atoms. The third-order valence-corrected chi connectivity index (χ3v) is 5.85. The highest BCUT2D eigenvalue weighted by Crippen LogP contribution is 2.36. The number of nitrogens with one attached hydrogen (secondary N) is 1. The van der Waals surface area contributed by atoms with Crippen LogP contribution >= 0.6 is 0 Å². The van der Waals surface area contributed by atoms with Crippen molar-refractivity contribution in [3.63, 3.8) is 0 Å². The number of para-hydroxylation sites is 1. The molecule has 4 amide bonds. The summed E-state index contributed by atoms with van der Waals surface area (Å²) in [6.45, 7) is 4.29. The average molecular weight is 431 g/mol. The van der Waals surface area contributed by atoms with Crippen molar-refractivity contribution in [2.45, 2.75) is 26.3 Å². The minimum atomic E-state index is -0.807. The molecule has 0 aliphatic carbocycles. The van der Waals surface area contributed by atoms with Gasteiger partial charge in [0.05, 0.1) is 5.69 Å². The molecule has 3 aromatic rings. The summed E-state index contributed by atoms with van der Waals surface area (Å²) >= 11 is 0. The van der Waals surface area contributed by atoms with Crippen LogP contribution in [0.1, 0.15) is 31.9 Å². The predicted molar refractivity (Wildman–Crippen MR) is 119 cm³/mol. The van der Waals surface area contributed by atoms with Gasteiger partial charge < -0.3 is 14.0 Å². The summed E-state index contributed by atoms with van der Waals surface area (Å²) in [6.07, 6.45) is 4.42. The van der Waals surface area contributed by atoms with E-state index in [1.54, 1.807) is 24.3 Å². The van der Waals surface area contributed by atoms with Gasteiger partial charge in [-0.1, -0.05) is 25.1 Å². The summed E-state index contributed by atoms with van der Waals surface area (Å²) in [5.41, 5.74) is 1.92. The van der Waals surface area contributed by atoms with Crippen molar-refractivity contribution < 1.29 is 23.9 Å². The predicted octanol–water partition coefficient (Wildman–Crippen LogP) is 4.01. The van der Waals surface area contributed by atoms with Gasteiger partial charge >= 0.3 is 6.03 Å².